The van der Waals surface area contributed by atoms with Crippen molar-refractivity contribution in [3.05, 3.63) is 47.3 Å². The molecule has 1 fully saturated rings. The Morgan fingerprint density at radius 2 is 1.83 bits per heavy atom. The first-order valence-corrected chi connectivity index (χ1v) is 8.27. The summed E-state index contributed by atoms with van der Waals surface area (Å²) in [6, 6.07) is 9.87. The number of carbonyl (C=O) groups excluding carboxylic acids is 1. The van der Waals surface area contributed by atoms with Gasteiger partial charge in [-0.2, -0.15) is 0 Å². The molecule has 5 nitrogen and oxygen atoms in total. The van der Waals surface area contributed by atoms with Crippen LogP contribution in [-0.4, -0.2) is 55.2 Å². The smallest absolute Gasteiger partial charge is 0.178 e. The average molecular weight is 328 g/mol. The number of aryl methyl sites for hydroxylation is 1. The Morgan fingerprint density at radius 3 is 2.46 bits per heavy atom. The van der Waals surface area contributed by atoms with E-state index in [1.807, 2.05) is 44.2 Å². The fourth-order valence-electron chi connectivity index (χ4n) is 3.22. The van der Waals surface area contributed by atoms with Crippen LogP contribution < -0.4 is 4.74 Å². The van der Waals surface area contributed by atoms with E-state index in [0.29, 0.717) is 19.8 Å². The molecule has 24 heavy (non-hydrogen) atoms. The lowest BCUT2D eigenvalue weighted by Crippen LogP contribution is -2.39. The minimum atomic E-state index is 0.171. The molecule has 1 aromatic heterocycles. The standard InChI is InChI=1S/C19H24N2O3/c1-14-12-18(19(22)13-20-8-10-24-11-9-20)15(2)21(14)16-4-6-17(23-3)7-5-16/h4-7,12H,8-11,13H2,1-3H3. The molecule has 0 aliphatic carbocycles. The number of Topliss-reactive ketones (excluding diaryl/α,β-unsaturated/α-hetero) is 1. The average Bonchev–Trinajstić information content (AvgIpc) is 2.90. The summed E-state index contributed by atoms with van der Waals surface area (Å²) in [4.78, 5) is 14.9. The zero-order valence-electron chi connectivity index (χ0n) is 14.5. The third-order valence-electron chi connectivity index (χ3n) is 4.53. The lowest BCUT2D eigenvalue weighted by molar-refractivity contribution is 0.0371. The molecule has 0 atom stereocenters. The molecule has 0 bridgehead atoms. The molecule has 0 unspecified atom stereocenters. The fraction of sp³-hybridized carbons (Fsp3) is 0.421. The summed E-state index contributed by atoms with van der Waals surface area (Å²) in [5.41, 5.74) is 3.88. The van der Waals surface area contributed by atoms with Crippen molar-refractivity contribution in [1.82, 2.24) is 9.47 Å². The molecular weight excluding hydrogens is 304 g/mol. The summed E-state index contributed by atoms with van der Waals surface area (Å²) in [5.74, 6) is 0.995. The van der Waals surface area contributed by atoms with Gasteiger partial charge in [0.25, 0.3) is 0 Å². The van der Waals surface area contributed by atoms with Crippen LogP contribution in [-0.2, 0) is 4.74 Å². The second-order valence-corrected chi connectivity index (χ2v) is 6.13. The summed E-state index contributed by atoms with van der Waals surface area (Å²) in [5, 5.41) is 0. The van der Waals surface area contributed by atoms with Gasteiger partial charge in [-0.25, -0.2) is 0 Å². The number of hydrogen-bond donors (Lipinski definition) is 0. The highest BCUT2D eigenvalue weighted by molar-refractivity contribution is 5.99. The zero-order chi connectivity index (χ0) is 17.1. The first-order chi connectivity index (χ1) is 11.6. The Hall–Kier alpha value is -2.11. The molecule has 2 heterocycles. The van der Waals surface area contributed by atoms with Crippen LogP contribution in [0, 0.1) is 13.8 Å². The molecule has 1 aromatic carbocycles. The monoisotopic (exact) mass is 328 g/mol. The molecular formula is C19H24N2O3. The molecule has 0 N–H and O–H groups in total. The summed E-state index contributed by atoms with van der Waals surface area (Å²) >= 11 is 0. The number of rotatable bonds is 5. The summed E-state index contributed by atoms with van der Waals surface area (Å²) in [6.07, 6.45) is 0. The number of aromatic nitrogens is 1. The van der Waals surface area contributed by atoms with E-state index in [-0.39, 0.29) is 5.78 Å². The van der Waals surface area contributed by atoms with E-state index in [2.05, 4.69) is 9.47 Å². The summed E-state index contributed by atoms with van der Waals surface area (Å²) in [7, 11) is 1.66. The highest BCUT2D eigenvalue weighted by Gasteiger charge is 2.20. The molecule has 0 spiro atoms. The van der Waals surface area contributed by atoms with Gasteiger partial charge in [-0.05, 0) is 44.2 Å². The van der Waals surface area contributed by atoms with E-state index in [0.717, 1.165) is 41.5 Å². The van der Waals surface area contributed by atoms with Gasteiger partial charge in [0, 0.05) is 35.7 Å². The van der Waals surface area contributed by atoms with Crippen molar-refractivity contribution >= 4 is 5.78 Å². The van der Waals surface area contributed by atoms with Crippen molar-refractivity contribution < 1.29 is 14.3 Å². The number of carbonyl (C=O) groups is 1. The van der Waals surface area contributed by atoms with Crippen LogP contribution in [0.2, 0.25) is 0 Å². The maximum atomic E-state index is 12.7. The second kappa shape index (κ2) is 7.20. The molecule has 3 rings (SSSR count). The zero-order valence-corrected chi connectivity index (χ0v) is 14.5. The van der Waals surface area contributed by atoms with Gasteiger partial charge in [-0.1, -0.05) is 0 Å². The Balaban J connectivity index is 1.83. The Bertz CT molecular complexity index is 713. The molecule has 1 aliphatic rings. The van der Waals surface area contributed by atoms with E-state index in [9.17, 15) is 4.79 Å². The van der Waals surface area contributed by atoms with Crippen molar-refractivity contribution in [3.8, 4) is 11.4 Å². The van der Waals surface area contributed by atoms with Gasteiger partial charge in [-0.3, -0.25) is 9.69 Å². The highest BCUT2D eigenvalue weighted by atomic mass is 16.5. The third-order valence-corrected chi connectivity index (χ3v) is 4.53. The molecule has 0 radical (unpaired) electrons. The predicted octanol–water partition coefficient (Wildman–Crippen LogP) is 2.62. The maximum absolute atomic E-state index is 12.7. The quantitative estimate of drug-likeness (QED) is 0.792. The Labute approximate surface area is 142 Å². The van der Waals surface area contributed by atoms with Crippen molar-refractivity contribution in [2.45, 2.75) is 13.8 Å². The highest BCUT2D eigenvalue weighted by Crippen LogP contribution is 2.23. The first-order valence-electron chi connectivity index (χ1n) is 8.27. The van der Waals surface area contributed by atoms with Gasteiger partial charge in [0.05, 0.1) is 26.9 Å². The van der Waals surface area contributed by atoms with Crippen molar-refractivity contribution in [2.75, 3.05) is 40.0 Å². The minimum Gasteiger partial charge on any atom is -0.497 e. The molecule has 2 aromatic rings. The Kier molecular flexibility index (Phi) is 5.02. The third kappa shape index (κ3) is 3.37. The largest absolute Gasteiger partial charge is 0.497 e. The van der Waals surface area contributed by atoms with Crippen LogP contribution >= 0.6 is 0 Å². The van der Waals surface area contributed by atoms with Gasteiger partial charge < -0.3 is 14.0 Å². The van der Waals surface area contributed by atoms with E-state index in [4.69, 9.17) is 9.47 Å². The molecule has 0 saturated carbocycles. The SMILES string of the molecule is COc1ccc(-n2c(C)cc(C(=O)CN3CCOCC3)c2C)cc1. The van der Waals surface area contributed by atoms with Crippen LogP contribution in [0.25, 0.3) is 5.69 Å². The fourth-order valence-corrected chi connectivity index (χ4v) is 3.22. The number of hydrogen-bond acceptors (Lipinski definition) is 4. The maximum Gasteiger partial charge on any atom is 0.178 e. The summed E-state index contributed by atoms with van der Waals surface area (Å²) < 4.78 is 12.7. The minimum absolute atomic E-state index is 0.171. The number of nitrogens with zero attached hydrogens (tertiary/aromatic N) is 2. The second-order valence-electron chi connectivity index (χ2n) is 6.13. The van der Waals surface area contributed by atoms with Gasteiger partial charge >= 0.3 is 0 Å². The number of ketones is 1. The Morgan fingerprint density at radius 1 is 1.17 bits per heavy atom. The van der Waals surface area contributed by atoms with Crippen LogP contribution in [0.1, 0.15) is 21.7 Å². The topological polar surface area (TPSA) is 43.7 Å². The van der Waals surface area contributed by atoms with Crippen molar-refractivity contribution in [1.29, 1.82) is 0 Å². The van der Waals surface area contributed by atoms with Gasteiger partial charge in [0.15, 0.2) is 5.78 Å². The van der Waals surface area contributed by atoms with Crippen LogP contribution in [0.15, 0.2) is 30.3 Å². The van der Waals surface area contributed by atoms with Crippen molar-refractivity contribution in [3.63, 3.8) is 0 Å². The van der Waals surface area contributed by atoms with Crippen molar-refractivity contribution in [2.24, 2.45) is 0 Å². The molecule has 1 saturated heterocycles. The first kappa shape index (κ1) is 16.7. The predicted molar refractivity (Wildman–Crippen MR) is 93.4 cm³/mol. The number of benzene rings is 1. The number of methoxy groups -OCH3 is 1. The lowest BCUT2D eigenvalue weighted by atomic mass is 10.1. The summed E-state index contributed by atoms with van der Waals surface area (Å²) in [6.45, 7) is 7.55. The molecule has 0 amide bonds. The molecule has 1 aliphatic heterocycles. The lowest BCUT2D eigenvalue weighted by Gasteiger charge is -2.25. The van der Waals surface area contributed by atoms with E-state index in [1.165, 1.54) is 0 Å². The van der Waals surface area contributed by atoms with Crippen LogP contribution in [0.4, 0.5) is 0 Å². The van der Waals surface area contributed by atoms with Gasteiger partial charge in [-0.15, -0.1) is 0 Å². The van der Waals surface area contributed by atoms with Gasteiger partial charge in [0.2, 0.25) is 0 Å². The number of ether oxygens (including phenoxy) is 2. The molecule has 5 heteroatoms. The van der Waals surface area contributed by atoms with Crippen LogP contribution in [0.5, 0.6) is 5.75 Å². The number of morpholine rings is 1. The van der Waals surface area contributed by atoms with Crippen LogP contribution in [0.3, 0.4) is 0 Å². The van der Waals surface area contributed by atoms with Gasteiger partial charge in [0.1, 0.15) is 5.75 Å². The normalized spacial score (nSPS) is 15.5. The molecule has 128 valence electrons. The van der Waals surface area contributed by atoms with E-state index >= 15 is 0 Å². The van der Waals surface area contributed by atoms with E-state index < -0.39 is 0 Å². The van der Waals surface area contributed by atoms with E-state index in [1.54, 1.807) is 7.11 Å².